The summed E-state index contributed by atoms with van der Waals surface area (Å²) in [6.45, 7) is 4.18. The lowest BCUT2D eigenvalue weighted by molar-refractivity contribution is -0.116. The summed E-state index contributed by atoms with van der Waals surface area (Å²) >= 11 is 0. The Balaban J connectivity index is 2.43. The number of pyridine rings is 1. The van der Waals surface area contributed by atoms with E-state index in [9.17, 15) is 4.79 Å². The average molecular weight is 220 g/mol. The molecule has 0 bridgehead atoms. The number of rotatable bonds is 6. The molecule has 1 heterocycles. The molecule has 0 aromatic carbocycles. The molecule has 0 fully saturated rings. The Labute approximate surface area is 97.3 Å². The van der Waals surface area contributed by atoms with Gasteiger partial charge in [-0.2, -0.15) is 0 Å². The first kappa shape index (κ1) is 12.7. The first-order chi connectivity index (χ1) is 7.76. The number of unbranched alkanes of at least 4 members (excludes halogenated alkanes) is 2. The van der Waals surface area contributed by atoms with Gasteiger partial charge in [0.05, 0.1) is 0 Å². The molecule has 1 N–H and O–H groups in total. The molecule has 0 aliphatic rings. The number of nitrogens with zero attached hydrogens (tertiary/aromatic N) is 1. The normalized spacial score (nSPS) is 10.1. The van der Waals surface area contributed by atoms with Crippen LogP contribution in [0.25, 0.3) is 0 Å². The van der Waals surface area contributed by atoms with Crippen LogP contribution in [0.2, 0.25) is 0 Å². The van der Waals surface area contributed by atoms with E-state index in [0.717, 1.165) is 31.4 Å². The highest BCUT2D eigenvalue weighted by Gasteiger charge is 2.02. The van der Waals surface area contributed by atoms with Crippen molar-refractivity contribution in [1.29, 1.82) is 0 Å². The van der Waals surface area contributed by atoms with E-state index in [0.29, 0.717) is 12.2 Å². The van der Waals surface area contributed by atoms with Crippen molar-refractivity contribution < 1.29 is 4.79 Å². The second-order valence-corrected chi connectivity index (χ2v) is 3.87. The number of aromatic nitrogens is 1. The van der Waals surface area contributed by atoms with E-state index in [1.54, 1.807) is 0 Å². The number of hydrogen-bond acceptors (Lipinski definition) is 2. The molecule has 16 heavy (non-hydrogen) atoms. The summed E-state index contributed by atoms with van der Waals surface area (Å²) in [7, 11) is 0. The number of amides is 1. The topological polar surface area (TPSA) is 42.0 Å². The van der Waals surface area contributed by atoms with E-state index in [-0.39, 0.29) is 5.91 Å². The van der Waals surface area contributed by atoms with Crippen LogP contribution >= 0.6 is 0 Å². The molecule has 0 aliphatic carbocycles. The molecule has 0 atom stereocenters. The molecular formula is C13H20N2O. The van der Waals surface area contributed by atoms with Crippen molar-refractivity contribution in [1.82, 2.24) is 4.98 Å². The van der Waals surface area contributed by atoms with Gasteiger partial charge in [0.15, 0.2) is 0 Å². The first-order valence-corrected chi connectivity index (χ1v) is 6.02. The summed E-state index contributed by atoms with van der Waals surface area (Å²) < 4.78 is 0. The molecular weight excluding hydrogens is 200 g/mol. The van der Waals surface area contributed by atoms with Crippen LogP contribution in [0.1, 0.15) is 45.2 Å². The number of aryl methyl sites for hydroxylation is 1. The first-order valence-electron chi connectivity index (χ1n) is 6.02. The monoisotopic (exact) mass is 220 g/mol. The smallest absolute Gasteiger partial charge is 0.225 e. The van der Waals surface area contributed by atoms with Gasteiger partial charge in [0.25, 0.3) is 0 Å². The van der Waals surface area contributed by atoms with Crippen LogP contribution < -0.4 is 5.32 Å². The quantitative estimate of drug-likeness (QED) is 0.748. The predicted octanol–water partition coefficient (Wildman–Crippen LogP) is 3.16. The third kappa shape index (κ3) is 4.43. The van der Waals surface area contributed by atoms with Gasteiger partial charge >= 0.3 is 0 Å². The van der Waals surface area contributed by atoms with E-state index in [1.807, 2.05) is 18.2 Å². The van der Waals surface area contributed by atoms with Gasteiger partial charge in [0.1, 0.15) is 5.82 Å². The summed E-state index contributed by atoms with van der Waals surface area (Å²) in [6.07, 6.45) is 4.67. The van der Waals surface area contributed by atoms with Gasteiger partial charge in [-0.15, -0.1) is 0 Å². The number of hydrogen-bond donors (Lipinski definition) is 1. The summed E-state index contributed by atoms with van der Waals surface area (Å²) in [4.78, 5) is 15.9. The molecule has 0 saturated carbocycles. The van der Waals surface area contributed by atoms with Crippen LogP contribution in [0.5, 0.6) is 0 Å². The van der Waals surface area contributed by atoms with E-state index in [2.05, 4.69) is 24.1 Å². The van der Waals surface area contributed by atoms with Gasteiger partial charge in [-0.3, -0.25) is 4.79 Å². The highest BCUT2D eigenvalue weighted by Crippen LogP contribution is 2.07. The Bertz CT molecular complexity index is 336. The second kappa shape index (κ2) is 6.99. The molecule has 3 heteroatoms. The molecule has 1 amide bonds. The Hall–Kier alpha value is -1.38. The number of anilines is 1. The van der Waals surface area contributed by atoms with Crippen LogP contribution in [0.15, 0.2) is 18.2 Å². The lowest BCUT2D eigenvalue weighted by Gasteiger charge is -2.05. The lowest BCUT2D eigenvalue weighted by Crippen LogP contribution is -2.12. The number of carbonyl (C=O) groups is 1. The molecule has 1 rings (SSSR count). The van der Waals surface area contributed by atoms with Gasteiger partial charge in [-0.1, -0.05) is 32.8 Å². The molecule has 88 valence electrons. The van der Waals surface area contributed by atoms with Gasteiger partial charge < -0.3 is 5.32 Å². The summed E-state index contributed by atoms with van der Waals surface area (Å²) in [6, 6.07) is 5.72. The van der Waals surface area contributed by atoms with Crippen molar-refractivity contribution >= 4 is 11.7 Å². The highest BCUT2D eigenvalue weighted by molar-refractivity contribution is 5.89. The lowest BCUT2D eigenvalue weighted by atomic mass is 10.2. The largest absolute Gasteiger partial charge is 0.311 e. The predicted molar refractivity (Wildman–Crippen MR) is 66.4 cm³/mol. The van der Waals surface area contributed by atoms with Gasteiger partial charge in [-0.05, 0) is 25.0 Å². The zero-order valence-electron chi connectivity index (χ0n) is 10.1. The van der Waals surface area contributed by atoms with E-state index < -0.39 is 0 Å². The minimum Gasteiger partial charge on any atom is -0.311 e. The molecule has 0 saturated heterocycles. The van der Waals surface area contributed by atoms with E-state index in [4.69, 9.17) is 0 Å². The zero-order valence-corrected chi connectivity index (χ0v) is 10.1. The van der Waals surface area contributed by atoms with Crippen molar-refractivity contribution in [2.45, 2.75) is 46.0 Å². The summed E-state index contributed by atoms with van der Waals surface area (Å²) in [5.41, 5.74) is 1.01. The molecule has 0 spiro atoms. The molecule has 1 aromatic rings. The third-order valence-electron chi connectivity index (χ3n) is 2.44. The zero-order chi connectivity index (χ0) is 11.8. The Morgan fingerprint density at radius 2 is 2.12 bits per heavy atom. The average Bonchev–Trinajstić information content (AvgIpc) is 2.29. The fraction of sp³-hybridized carbons (Fsp3) is 0.538. The maximum absolute atomic E-state index is 11.5. The van der Waals surface area contributed by atoms with Crippen LogP contribution in [-0.4, -0.2) is 10.9 Å². The number of carbonyl (C=O) groups excluding carboxylic acids is 1. The van der Waals surface area contributed by atoms with Crippen LogP contribution in [-0.2, 0) is 11.2 Å². The van der Waals surface area contributed by atoms with Crippen molar-refractivity contribution in [2.75, 3.05) is 5.32 Å². The van der Waals surface area contributed by atoms with Crippen molar-refractivity contribution in [3.8, 4) is 0 Å². The molecule has 3 nitrogen and oxygen atoms in total. The van der Waals surface area contributed by atoms with Crippen LogP contribution in [0.3, 0.4) is 0 Å². The second-order valence-electron chi connectivity index (χ2n) is 3.87. The minimum absolute atomic E-state index is 0.0641. The molecule has 1 aromatic heterocycles. The summed E-state index contributed by atoms with van der Waals surface area (Å²) in [5, 5.41) is 2.83. The standard InChI is InChI=1S/C13H20N2O/c1-3-5-6-10-13(16)15-12-9-7-8-11(4-2)14-12/h7-9H,3-6,10H2,1-2H3,(H,14,15,16). The third-order valence-corrected chi connectivity index (χ3v) is 2.44. The summed E-state index contributed by atoms with van der Waals surface area (Å²) in [5.74, 6) is 0.732. The SMILES string of the molecule is CCCCCC(=O)Nc1cccc(CC)n1. The van der Waals surface area contributed by atoms with Gasteiger partial charge in [0.2, 0.25) is 5.91 Å². The van der Waals surface area contributed by atoms with Crippen molar-refractivity contribution in [3.63, 3.8) is 0 Å². The van der Waals surface area contributed by atoms with E-state index >= 15 is 0 Å². The van der Waals surface area contributed by atoms with Crippen molar-refractivity contribution in [3.05, 3.63) is 23.9 Å². The van der Waals surface area contributed by atoms with Crippen LogP contribution in [0, 0.1) is 0 Å². The van der Waals surface area contributed by atoms with Gasteiger partial charge in [0, 0.05) is 12.1 Å². The minimum atomic E-state index is 0.0641. The molecule has 0 aliphatic heterocycles. The highest BCUT2D eigenvalue weighted by atomic mass is 16.1. The Morgan fingerprint density at radius 1 is 1.31 bits per heavy atom. The molecule has 0 radical (unpaired) electrons. The van der Waals surface area contributed by atoms with E-state index in [1.165, 1.54) is 0 Å². The fourth-order valence-corrected chi connectivity index (χ4v) is 1.49. The Morgan fingerprint density at radius 3 is 2.81 bits per heavy atom. The maximum atomic E-state index is 11.5. The van der Waals surface area contributed by atoms with Gasteiger partial charge in [-0.25, -0.2) is 4.98 Å². The van der Waals surface area contributed by atoms with Crippen LogP contribution in [0.4, 0.5) is 5.82 Å². The Kier molecular flexibility index (Phi) is 5.54. The maximum Gasteiger partial charge on any atom is 0.225 e. The molecule has 0 unspecified atom stereocenters. The number of nitrogens with one attached hydrogen (secondary N) is 1. The van der Waals surface area contributed by atoms with Crippen molar-refractivity contribution in [2.24, 2.45) is 0 Å². The fourth-order valence-electron chi connectivity index (χ4n) is 1.49.